The molecule has 0 radical (unpaired) electrons. The summed E-state index contributed by atoms with van der Waals surface area (Å²) in [6.07, 6.45) is 6.48. The largest absolute Gasteiger partial charge is 0.494 e. The third-order valence-corrected chi connectivity index (χ3v) is 4.29. The first-order chi connectivity index (χ1) is 14.3. The second kappa shape index (κ2) is 11.8. The molecule has 5 heteroatoms. The Morgan fingerprint density at radius 2 is 1.45 bits per heavy atom. The molecule has 2 aromatic carbocycles. The number of ether oxygens (including phenoxy) is 3. The van der Waals surface area contributed by atoms with Crippen molar-refractivity contribution in [2.45, 2.75) is 32.8 Å². The Morgan fingerprint density at radius 1 is 0.724 bits per heavy atom. The Balaban J connectivity index is 1.43. The zero-order valence-electron chi connectivity index (χ0n) is 16.9. The van der Waals surface area contributed by atoms with Crippen LogP contribution in [-0.4, -0.2) is 29.8 Å². The number of hydrogen-bond acceptors (Lipinski definition) is 5. The fraction of sp³-hybridized carbons (Fsp3) is 0.333. The normalized spacial score (nSPS) is 10.7. The Labute approximate surface area is 172 Å². The lowest BCUT2D eigenvalue weighted by molar-refractivity contribution is 0.127. The van der Waals surface area contributed by atoms with Gasteiger partial charge in [-0.15, -0.1) is 0 Å². The molecular weight excluding hydrogens is 364 g/mol. The first-order valence-corrected chi connectivity index (χ1v) is 10.1. The molecule has 0 aliphatic heterocycles. The molecule has 0 unspecified atom stereocenters. The molecule has 0 N–H and O–H groups in total. The van der Waals surface area contributed by atoms with E-state index in [0.29, 0.717) is 24.8 Å². The number of benzene rings is 2. The van der Waals surface area contributed by atoms with Crippen LogP contribution in [0.2, 0.25) is 0 Å². The highest BCUT2D eigenvalue weighted by Crippen LogP contribution is 2.21. The molecule has 0 fully saturated rings. The Bertz CT molecular complexity index is 821. The van der Waals surface area contributed by atoms with Crippen LogP contribution in [0.4, 0.5) is 0 Å². The van der Waals surface area contributed by atoms with Crippen molar-refractivity contribution in [2.24, 2.45) is 0 Å². The zero-order valence-corrected chi connectivity index (χ0v) is 16.9. The van der Waals surface area contributed by atoms with Gasteiger partial charge in [-0.05, 0) is 49.1 Å². The monoisotopic (exact) mass is 392 g/mol. The van der Waals surface area contributed by atoms with Crippen molar-refractivity contribution in [2.75, 3.05) is 19.8 Å². The second-order valence-corrected chi connectivity index (χ2v) is 6.71. The van der Waals surface area contributed by atoms with Gasteiger partial charge < -0.3 is 14.2 Å². The molecule has 0 aliphatic rings. The number of hydrogen-bond donors (Lipinski definition) is 0. The molecule has 29 heavy (non-hydrogen) atoms. The van der Waals surface area contributed by atoms with Crippen molar-refractivity contribution >= 4 is 0 Å². The average Bonchev–Trinajstić information content (AvgIpc) is 2.79. The summed E-state index contributed by atoms with van der Waals surface area (Å²) in [6.45, 7) is 4.95. The van der Waals surface area contributed by atoms with Crippen molar-refractivity contribution in [1.29, 1.82) is 0 Å². The first kappa shape index (κ1) is 20.8. The van der Waals surface area contributed by atoms with E-state index in [9.17, 15) is 0 Å². The van der Waals surface area contributed by atoms with Gasteiger partial charge in [0.05, 0.1) is 19.0 Å². The second-order valence-electron chi connectivity index (χ2n) is 6.71. The van der Waals surface area contributed by atoms with E-state index in [4.69, 9.17) is 14.2 Å². The van der Waals surface area contributed by atoms with Gasteiger partial charge in [-0.2, -0.15) is 0 Å². The van der Waals surface area contributed by atoms with E-state index in [1.165, 1.54) is 0 Å². The van der Waals surface area contributed by atoms with Crippen molar-refractivity contribution in [3.05, 3.63) is 72.6 Å². The fourth-order valence-electron chi connectivity index (χ4n) is 2.72. The van der Waals surface area contributed by atoms with Gasteiger partial charge in [-0.25, -0.2) is 9.97 Å². The van der Waals surface area contributed by atoms with Gasteiger partial charge in [-0.3, -0.25) is 0 Å². The van der Waals surface area contributed by atoms with E-state index in [1.54, 1.807) is 12.4 Å². The molecule has 1 aromatic heterocycles. The summed E-state index contributed by atoms with van der Waals surface area (Å²) < 4.78 is 17.0. The third kappa shape index (κ3) is 7.20. The van der Waals surface area contributed by atoms with Crippen molar-refractivity contribution in [1.82, 2.24) is 9.97 Å². The highest BCUT2D eigenvalue weighted by atomic mass is 16.5. The lowest BCUT2D eigenvalue weighted by Crippen LogP contribution is -2.01. The third-order valence-electron chi connectivity index (χ3n) is 4.29. The van der Waals surface area contributed by atoms with Gasteiger partial charge in [0.15, 0.2) is 11.6 Å². The summed E-state index contributed by atoms with van der Waals surface area (Å²) in [6, 6.07) is 17.9. The standard InChI is InChI=1S/C24H28N2O3/c1-2-14-27-15-6-7-16-28-22-12-10-21(11-13-22)24-25-17-23(18-26-24)29-19-20-8-4-3-5-9-20/h3-5,8-13,17-18H,2,6-7,14-16,19H2,1H3. The van der Waals surface area contributed by atoms with E-state index in [2.05, 4.69) is 16.9 Å². The summed E-state index contributed by atoms with van der Waals surface area (Å²) in [5.74, 6) is 2.17. The summed E-state index contributed by atoms with van der Waals surface area (Å²) >= 11 is 0. The van der Waals surface area contributed by atoms with Crippen LogP contribution in [0.15, 0.2) is 67.0 Å². The molecule has 0 amide bonds. The Morgan fingerprint density at radius 3 is 2.17 bits per heavy atom. The lowest BCUT2D eigenvalue weighted by atomic mass is 10.2. The van der Waals surface area contributed by atoms with Gasteiger partial charge in [0.2, 0.25) is 0 Å². The van der Waals surface area contributed by atoms with E-state index >= 15 is 0 Å². The molecule has 0 saturated carbocycles. The maximum atomic E-state index is 5.78. The molecule has 3 rings (SSSR count). The van der Waals surface area contributed by atoms with E-state index in [-0.39, 0.29) is 0 Å². The predicted molar refractivity (Wildman–Crippen MR) is 114 cm³/mol. The molecule has 0 atom stereocenters. The van der Waals surface area contributed by atoms with Gasteiger partial charge in [0.25, 0.3) is 0 Å². The van der Waals surface area contributed by atoms with Crippen LogP contribution in [-0.2, 0) is 11.3 Å². The number of aromatic nitrogens is 2. The van der Waals surface area contributed by atoms with Crippen molar-refractivity contribution in [3.8, 4) is 22.9 Å². The minimum atomic E-state index is 0.500. The summed E-state index contributed by atoms with van der Waals surface area (Å²) in [5, 5.41) is 0. The molecule has 1 heterocycles. The molecule has 5 nitrogen and oxygen atoms in total. The van der Waals surface area contributed by atoms with Gasteiger partial charge in [0, 0.05) is 18.8 Å². The average molecular weight is 392 g/mol. The number of rotatable bonds is 12. The van der Waals surface area contributed by atoms with Gasteiger partial charge >= 0.3 is 0 Å². The van der Waals surface area contributed by atoms with E-state index < -0.39 is 0 Å². The highest BCUT2D eigenvalue weighted by molar-refractivity contribution is 5.56. The number of unbranched alkanes of at least 4 members (excludes halogenated alkanes) is 1. The maximum Gasteiger partial charge on any atom is 0.159 e. The molecule has 3 aromatic rings. The summed E-state index contributed by atoms with van der Waals surface area (Å²) in [5.41, 5.74) is 2.06. The van der Waals surface area contributed by atoms with E-state index in [1.807, 2.05) is 54.6 Å². The van der Waals surface area contributed by atoms with Gasteiger partial charge in [0.1, 0.15) is 12.4 Å². The molecule has 0 saturated heterocycles. The zero-order chi connectivity index (χ0) is 20.2. The maximum absolute atomic E-state index is 5.78. The van der Waals surface area contributed by atoms with Crippen LogP contribution in [0.3, 0.4) is 0 Å². The van der Waals surface area contributed by atoms with Crippen LogP contribution in [0.5, 0.6) is 11.5 Å². The Hall–Kier alpha value is -2.92. The molecule has 0 aliphatic carbocycles. The fourth-order valence-corrected chi connectivity index (χ4v) is 2.72. The summed E-state index contributed by atoms with van der Waals surface area (Å²) in [4.78, 5) is 8.82. The molecule has 0 bridgehead atoms. The lowest BCUT2D eigenvalue weighted by Gasteiger charge is -2.08. The van der Waals surface area contributed by atoms with Crippen LogP contribution in [0, 0.1) is 0 Å². The molecule has 152 valence electrons. The SMILES string of the molecule is CCCOCCCCOc1ccc(-c2ncc(OCc3ccccc3)cn2)cc1. The van der Waals surface area contributed by atoms with Crippen molar-refractivity contribution < 1.29 is 14.2 Å². The smallest absolute Gasteiger partial charge is 0.159 e. The summed E-state index contributed by atoms with van der Waals surface area (Å²) in [7, 11) is 0. The topological polar surface area (TPSA) is 53.5 Å². The quantitative estimate of drug-likeness (QED) is 0.391. The molecule has 0 spiro atoms. The van der Waals surface area contributed by atoms with Gasteiger partial charge in [-0.1, -0.05) is 37.3 Å². The van der Waals surface area contributed by atoms with Crippen LogP contribution in [0.1, 0.15) is 31.7 Å². The van der Waals surface area contributed by atoms with Crippen LogP contribution < -0.4 is 9.47 Å². The van der Waals surface area contributed by atoms with Crippen molar-refractivity contribution in [3.63, 3.8) is 0 Å². The minimum Gasteiger partial charge on any atom is -0.494 e. The van der Waals surface area contributed by atoms with Crippen LogP contribution >= 0.6 is 0 Å². The Kier molecular flexibility index (Phi) is 8.48. The highest BCUT2D eigenvalue weighted by Gasteiger charge is 2.04. The van der Waals surface area contributed by atoms with Crippen LogP contribution in [0.25, 0.3) is 11.4 Å². The predicted octanol–water partition coefficient (Wildman–Crippen LogP) is 5.31. The molecular formula is C24H28N2O3. The van der Waals surface area contributed by atoms with E-state index in [0.717, 1.165) is 49.4 Å². The minimum absolute atomic E-state index is 0.500. The number of nitrogens with zero attached hydrogens (tertiary/aromatic N) is 2. The first-order valence-electron chi connectivity index (χ1n) is 10.1.